The topological polar surface area (TPSA) is 12.0 Å². The highest BCUT2D eigenvalue weighted by molar-refractivity contribution is 4.83. The van der Waals surface area contributed by atoms with Gasteiger partial charge >= 0.3 is 0 Å². The van der Waals surface area contributed by atoms with E-state index < -0.39 is 0 Å². The van der Waals surface area contributed by atoms with Crippen molar-refractivity contribution in [3.8, 4) is 0 Å². The Bertz CT molecular complexity index is 74.6. The van der Waals surface area contributed by atoms with Gasteiger partial charge in [-0.3, -0.25) is 0 Å². The fourth-order valence-corrected chi connectivity index (χ4v) is 1.62. The highest BCUT2D eigenvalue weighted by atomic mass is 14.9. The summed E-state index contributed by atoms with van der Waals surface area (Å²) in [7, 11) is 2.06. The molecule has 0 aromatic heterocycles. The first-order chi connectivity index (χ1) is 4.36. The van der Waals surface area contributed by atoms with Gasteiger partial charge in [-0.1, -0.05) is 19.8 Å². The molecule has 1 N–H and O–H groups in total. The molecule has 0 saturated heterocycles. The van der Waals surface area contributed by atoms with E-state index in [2.05, 4.69) is 19.3 Å². The Morgan fingerprint density at radius 3 is 2.56 bits per heavy atom. The molecule has 1 heteroatoms. The van der Waals surface area contributed by atoms with Crippen LogP contribution in [-0.2, 0) is 0 Å². The van der Waals surface area contributed by atoms with Crippen molar-refractivity contribution in [1.82, 2.24) is 5.32 Å². The molecule has 0 amide bonds. The molecule has 1 rings (SSSR count). The maximum absolute atomic E-state index is 3.29. The second-order valence-corrected chi connectivity index (χ2v) is 3.11. The predicted octanol–water partition coefficient (Wildman–Crippen LogP) is 1.78. The van der Waals surface area contributed by atoms with E-state index in [1.54, 1.807) is 0 Å². The van der Waals surface area contributed by atoms with Gasteiger partial charge < -0.3 is 5.32 Å². The summed E-state index contributed by atoms with van der Waals surface area (Å²) >= 11 is 0. The van der Waals surface area contributed by atoms with Gasteiger partial charge in [-0.05, 0) is 25.8 Å². The molecule has 1 fully saturated rings. The molecule has 0 heterocycles. The third-order valence-corrected chi connectivity index (χ3v) is 2.34. The fourth-order valence-electron chi connectivity index (χ4n) is 1.62. The highest BCUT2D eigenvalue weighted by Crippen LogP contribution is 2.30. The number of nitrogens with one attached hydrogen (secondary N) is 1. The monoisotopic (exact) mass is 127 g/mol. The summed E-state index contributed by atoms with van der Waals surface area (Å²) in [6.07, 6.45) is 5.65. The average Bonchev–Trinajstić information content (AvgIpc) is 1.77. The highest BCUT2D eigenvalue weighted by Gasteiger charge is 2.26. The Balaban J connectivity index is 1.98. The molecule has 54 valence electrons. The van der Waals surface area contributed by atoms with E-state index in [9.17, 15) is 0 Å². The van der Waals surface area contributed by atoms with Crippen molar-refractivity contribution in [3.05, 3.63) is 0 Å². The molecule has 0 aromatic rings. The molecule has 0 atom stereocenters. The molecule has 0 bridgehead atoms. The van der Waals surface area contributed by atoms with E-state index in [4.69, 9.17) is 0 Å². The van der Waals surface area contributed by atoms with E-state index in [1.165, 1.54) is 25.7 Å². The molecule has 0 aromatic carbocycles. The Hall–Kier alpha value is -0.0400. The van der Waals surface area contributed by atoms with Crippen LogP contribution in [-0.4, -0.2) is 13.1 Å². The maximum atomic E-state index is 3.29. The third-order valence-electron chi connectivity index (χ3n) is 2.34. The van der Waals surface area contributed by atoms with E-state index in [0.29, 0.717) is 0 Å². The minimum absolute atomic E-state index is 0.849. The Morgan fingerprint density at radius 1 is 1.44 bits per heavy atom. The van der Waals surface area contributed by atoms with E-state index in [0.717, 1.165) is 12.0 Å². The van der Waals surface area contributed by atoms with Gasteiger partial charge in [0.15, 0.2) is 0 Å². The van der Waals surface area contributed by atoms with Crippen molar-refractivity contribution in [2.45, 2.75) is 38.6 Å². The Labute approximate surface area is 57.8 Å². The molecule has 0 unspecified atom stereocenters. The first-order valence-electron chi connectivity index (χ1n) is 4.04. The number of hydrogen-bond acceptors (Lipinski definition) is 1. The summed E-state index contributed by atoms with van der Waals surface area (Å²) in [4.78, 5) is 0. The van der Waals surface area contributed by atoms with E-state index in [-0.39, 0.29) is 0 Å². The van der Waals surface area contributed by atoms with Crippen LogP contribution in [0.3, 0.4) is 0 Å². The van der Waals surface area contributed by atoms with Gasteiger partial charge in [0, 0.05) is 6.04 Å². The van der Waals surface area contributed by atoms with Crippen molar-refractivity contribution in [2.24, 2.45) is 5.92 Å². The second-order valence-electron chi connectivity index (χ2n) is 3.11. The molecule has 0 aliphatic heterocycles. The van der Waals surface area contributed by atoms with Gasteiger partial charge in [-0.15, -0.1) is 0 Å². The zero-order chi connectivity index (χ0) is 6.69. The first kappa shape index (κ1) is 7.07. The summed E-state index contributed by atoms with van der Waals surface area (Å²) in [6, 6.07) is 0.849. The molecule has 9 heavy (non-hydrogen) atoms. The van der Waals surface area contributed by atoms with Crippen LogP contribution in [0.5, 0.6) is 0 Å². The largest absolute Gasteiger partial charge is 0.317 e. The predicted molar refractivity (Wildman–Crippen MR) is 40.5 cm³/mol. The van der Waals surface area contributed by atoms with Crippen LogP contribution < -0.4 is 5.32 Å². The lowest BCUT2D eigenvalue weighted by Gasteiger charge is -2.34. The van der Waals surface area contributed by atoms with Crippen LogP contribution in [0, 0.1) is 5.92 Å². The standard InChI is InChI=1S/C8H17N/c1-3-4-7-5-8(6-7)9-2/h7-9H,3-6H2,1-2H3. The van der Waals surface area contributed by atoms with Crippen LogP contribution in [0.25, 0.3) is 0 Å². The SMILES string of the molecule is CCCC1CC(NC)C1. The van der Waals surface area contributed by atoms with Crippen molar-refractivity contribution in [1.29, 1.82) is 0 Å². The molecular formula is C8H17N. The van der Waals surface area contributed by atoms with Crippen molar-refractivity contribution in [3.63, 3.8) is 0 Å². The van der Waals surface area contributed by atoms with Crippen LogP contribution in [0.15, 0.2) is 0 Å². The summed E-state index contributed by atoms with van der Waals surface area (Å²) in [5.41, 5.74) is 0. The Kier molecular flexibility index (Phi) is 2.52. The van der Waals surface area contributed by atoms with Crippen molar-refractivity contribution in [2.75, 3.05) is 7.05 Å². The molecule has 1 saturated carbocycles. The summed E-state index contributed by atoms with van der Waals surface area (Å²) in [5, 5.41) is 3.29. The van der Waals surface area contributed by atoms with Gasteiger partial charge in [-0.2, -0.15) is 0 Å². The van der Waals surface area contributed by atoms with Gasteiger partial charge in [0.05, 0.1) is 0 Å². The maximum Gasteiger partial charge on any atom is 0.00693 e. The minimum Gasteiger partial charge on any atom is -0.317 e. The van der Waals surface area contributed by atoms with Crippen LogP contribution in [0.2, 0.25) is 0 Å². The first-order valence-corrected chi connectivity index (χ1v) is 4.04. The van der Waals surface area contributed by atoms with Crippen LogP contribution in [0.1, 0.15) is 32.6 Å². The summed E-state index contributed by atoms with van der Waals surface area (Å²) in [6.45, 7) is 2.27. The third kappa shape index (κ3) is 1.68. The number of rotatable bonds is 3. The molecule has 1 aliphatic rings. The van der Waals surface area contributed by atoms with Crippen molar-refractivity contribution < 1.29 is 0 Å². The average molecular weight is 127 g/mol. The van der Waals surface area contributed by atoms with E-state index in [1.807, 2.05) is 0 Å². The zero-order valence-corrected chi connectivity index (χ0v) is 6.48. The fraction of sp³-hybridized carbons (Fsp3) is 1.00. The Morgan fingerprint density at radius 2 is 2.11 bits per heavy atom. The molecule has 1 aliphatic carbocycles. The van der Waals surface area contributed by atoms with Crippen LogP contribution >= 0.6 is 0 Å². The van der Waals surface area contributed by atoms with Crippen molar-refractivity contribution >= 4 is 0 Å². The lowest BCUT2D eigenvalue weighted by atomic mass is 9.78. The second kappa shape index (κ2) is 3.21. The lowest BCUT2D eigenvalue weighted by molar-refractivity contribution is 0.219. The molecule has 1 nitrogen and oxygen atoms in total. The minimum atomic E-state index is 0.849. The normalized spacial score (nSPS) is 34.0. The zero-order valence-electron chi connectivity index (χ0n) is 6.48. The number of hydrogen-bond donors (Lipinski definition) is 1. The van der Waals surface area contributed by atoms with Crippen LogP contribution in [0.4, 0.5) is 0 Å². The molecule has 0 radical (unpaired) electrons. The smallest absolute Gasteiger partial charge is 0.00693 e. The van der Waals surface area contributed by atoms with Gasteiger partial charge in [0.1, 0.15) is 0 Å². The van der Waals surface area contributed by atoms with Gasteiger partial charge in [0.25, 0.3) is 0 Å². The summed E-state index contributed by atoms with van der Waals surface area (Å²) in [5.74, 6) is 1.05. The van der Waals surface area contributed by atoms with E-state index >= 15 is 0 Å². The van der Waals surface area contributed by atoms with Gasteiger partial charge in [0.2, 0.25) is 0 Å². The molecular weight excluding hydrogens is 110 g/mol. The van der Waals surface area contributed by atoms with Gasteiger partial charge in [-0.25, -0.2) is 0 Å². The molecule has 0 spiro atoms. The lowest BCUT2D eigenvalue weighted by Crippen LogP contribution is -2.38. The summed E-state index contributed by atoms with van der Waals surface area (Å²) < 4.78 is 0. The quantitative estimate of drug-likeness (QED) is 0.609.